The number of nitrogens with two attached hydrogens (primary N) is 1. The highest BCUT2D eigenvalue weighted by Gasteiger charge is 2.29. The van der Waals surface area contributed by atoms with Gasteiger partial charge in [0, 0.05) is 18.9 Å². The maximum Gasteiger partial charge on any atom is 0.140 e. The number of carbonyl (C=O) groups excluding carboxylic acids is 1. The maximum absolute atomic E-state index is 12.4. The fourth-order valence-electron chi connectivity index (χ4n) is 3.10. The van der Waals surface area contributed by atoms with Gasteiger partial charge in [-0.05, 0) is 42.2 Å². The van der Waals surface area contributed by atoms with Crippen LogP contribution < -0.4 is 5.73 Å². The average molecular weight is 259 g/mol. The predicted octanol–water partition coefficient (Wildman–Crippen LogP) is 3.33. The van der Waals surface area contributed by atoms with Crippen LogP contribution in [0.1, 0.15) is 44.2 Å². The molecule has 0 amide bonds. The summed E-state index contributed by atoms with van der Waals surface area (Å²) < 4.78 is 0. The van der Waals surface area contributed by atoms with Gasteiger partial charge < -0.3 is 5.73 Å². The highest BCUT2D eigenvalue weighted by atomic mass is 16.1. The van der Waals surface area contributed by atoms with E-state index in [0.717, 1.165) is 29.9 Å². The Labute approximate surface area is 116 Å². The third-order valence-corrected chi connectivity index (χ3v) is 4.76. The Balaban J connectivity index is 2.01. The minimum absolute atomic E-state index is 0.261. The monoisotopic (exact) mass is 259 g/mol. The smallest absolute Gasteiger partial charge is 0.140 e. The summed E-state index contributed by atoms with van der Waals surface area (Å²) in [4.78, 5) is 12.4. The highest BCUT2D eigenvalue weighted by molar-refractivity contribution is 5.83. The van der Waals surface area contributed by atoms with E-state index in [0.29, 0.717) is 24.7 Å². The summed E-state index contributed by atoms with van der Waals surface area (Å²) >= 11 is 0. The molecule has 1 aliphatic carbocycles. The second kappa shape index (κ2) is 6.33. The van der Waals surface area contributed by atoms with Crippen LogP contribution in [0.15, 0.2) is 24.3 Å². The largest absolute Gasteiger partial charge is 0.326 e. The molecule has 0 aliphatic heterocycles. The number of carbonyl (C=O) groups is 1. The summed E-state index contributed by atoms with van der Waals surface area (Å²) in [5.41, 5.74) is 7.95. The molecule has 0 spiro atoms. The fraction of sp³-hybridized carbons (Fsp3) is 0.588. The molecule has 19 heavy (non-hydrogen) atoms. The number of Topliss-reactive ketones (excluding diaryl/α,β-unsaturated/α-hetero) is 1. The molecule has 0 bridgehead atoms. The van der Waals surface area contributed by atoms with Gasteiger partial charge in [-0.2, -0.15) is 0 Å². The summed E-state index contributed by atoms with van der Waals surface area (Å²) in [6, 6.07) is 8.04. The molecule has 2 heteroatoms. The van der Waals surface area contributed by atoms with E-state index >= 15 is 0 Å². The predicted molar refractivity (Wildman–Crippen MR) is 78.7 cm³/mol. The van der Waals surface area contributed by atoms with Crippen molar-refractivity contribution < 1.29 is 4.79 Å². The van der Waals surface area contributed by atoms with E-state index in [1.54, 1.807) is 0 Å². The van der Waals surface area contributed by atoms with Gasteiger partial charge in [0.2, 0.25) is 0 Å². The lowest BCUT2D eigenvalue weighted by Gasteiger charge is -2.31. The zero-order valence-electron chi connectivity index (χ0n) is 12.1. The van der Waals surface area contributed by atoms with Crippen LogP contribution in [0.2, 0.25) is 0 Å². The molecule has 1 fully saturated rings. The van der Waals surface area contributed by atoms with E-state index in [2.05, 4.69) is 13.8 Å². The Morgan fingerprint density at radius 2 is 1.84 bits per heavy atom. The number of hydrogen-bond acceptors (Lipinski definition) is 2. The van der Waals surface area contributed by atoms with Crippen LogP contribution in [0.5, 0.6) is 0 Å². The minimum atomic E-state index is 0.261. The first-order valence-electron chi connectivity index (χ1n) is 7.41. The Hall–Kier alpha value is -1.15. The summed E-state index contributed by atoms with van der Waals surface area (Å²) in [7, 11) is 0. The van der Waals surface area contributed by atoms with Crippen molar-refractivity contribution in [2.45, 2.75) is 46.1 Å². The van der Waals surface area contributed by atoms with Crippen LogP contribution >= 0.6 is 0 Å². The molecule has 1 saturated carbocycles. The number of rotatable bonds is 4. The van der Waals surface area contributed by atoms with Crippen LogP contribution in [0.25, 0.3) is 0 Å². The van der Waals surface area contributed by atoms with Crippen LogP contribution in [0.4, 0.5) is 0 Å². The second-order valence-corrected chi connectivity index (χ2v) is 6.08. The van der Waals surface area contributed by atoms with E-state index < -0.39 is 0 Å². The lowest BCUT2D eigenvalue weighted by Crippen LogP contribution is -2.27. The van der Waals surface area contributed by atoms with Crippen molar-refractivity contribution in [2.75, 3.05) is 0 Å². The Morgan fingerprint density at radius 3 is 2.47 bits per heavy atom. The van der Waals surface area contributed by atoms with Gasteiger partial charge in [-0.1, -0.05) is 38.1 Å². The standard InChI is InChI=1S/C17H25NO/c1-12-7-8-15(9-13(12)2)17(19)10-14-5-3-4-6-16(14)11-18/h3-6,12-13,15H,7-11,18H2,1-2H3. The molecule has 1 aliphatic rings. The third-order valence-electron chi connectivity index (χ3n) is 4.76. The molecule has 0 aromatic heterocycles. The van der Waals surface area contributed by atoms with Crippen LogP contribution in [0, 0.1) is 17.8 Å². The molecular weight excluding hydrogens is 234 g/mol. The first-order valence-corrected chi connectivity index (χ1v) is 7.41. The Kier molecular flexibility index (Phi) is 4.76. The zero-order chi connectivity index (χ0) is 13.8. The fourth-order valence-corrected chi connectivity index (χ4v) is 3.10. The van der Waals surface area contributed by atoms with Crippen molar-refractivity contribution in [1.82, 2.24) is 0 Å². The van der Waals surface area contributed by atoms with Crippen LogP contribution in [-0.4, -0.2) is 5.78 Å². The van der Waals surface area contributed by atoms with Crippen molar-refractivity contribution in [3.63, 3.8) is 0 Å². The lowest BCUT2D eigenvalue weighted by molar-refractivity contribution is -0.124. The van der Waals surface area contributed by atoms with E-state index in [1.807, 2.05) is 24.3 Å². The second-order valence-electron chi connectivity index (χ2n) is 6.08. The first kappa shape index (κ1) is 14.3. The van der Waals surface area contributed by atoms with Crippen molar-refractivity contribution in [1.29, 1.82) is 0 Å². The van der Waals surface area contributed by atoms with E-state index in [9.17, 15) is 4.79 Å². The van der Waals surface area contributed by atoms with Gasteiger partial charge in [-0.15, -0.1) is 0 Å². The third kappa shape index (κ3) is 3.44. The van der Waals surface area contributed by atoms with Gasteiger partial charge in [-0.3, -0.25) is 4.79 Å². The number of benzene rings is 1. The molecular formula is C17H25NO. The number of hydrogen-bond donors (Lipinski definition) is 1. The molecule has 3 atom stereocenters. The Bertz CT molecular complexity index is 441. The van der Waals surface area contributed by atoms with Crippen molar-refractivity contribution in [3.8, 4) is 0 Å². The lowest BCUT2D eigenvalue weighted by atomic mass is 9.73. The van der Waals surface area contributed by atoms with Gasteiger partial charge in [-0.25, -0.2) is 0 Å². The molecule has 0 heterocycles. The van der Waals surface area contributed by atoms with E-state index in [4.69, 9.17) is 5.73 Å². The molecule has 2 N–H and O–H groups in total. The SMILES string of the molecule is CC1CCC(C(=O)Cc2ccccc2CN)CC1C. The molecule has 3 unspecified atom stereocenters. The topological polar surface area (TPSA) is 43.1 Å². The summed E-state index contributed by atoms with van der Waals surface area (Å²) in [6.07, 6.45) is 3.87. The molecule has 2 nitrogen and oxygen atoms in total. The molecule has 0 radical (unpaired) electrons. The molecule has 104 valence electrons. The first-order chi connectivity index (χ1) is 9.11. The molecule has 0 saturated heterocycles. The van der Waals surface area contributed by atoms with Crippen molar-refractivity contribution >= 4 is 5.78 Å². The highest BCUT2D eigenvalue weighted by Crippen LogP contribution is 2.34. The average Bonchev–Trinajstić information content (AvgIpc) is 2.42. The molecule has 1 aromatic rings. The van der Waals surface area contributed by atoms with E-state index in [1.165, 1.54) is 6.42 Å². The molecule has 1 aromatic carbocycles. The summed E-state index contributed by atoms with van der Waals surface area (Å²) in [5, 5.41) is 0. The van der Waals surface area contributed by atoms with Crippen LogP contribution in [-0.2, 0) is 17.8 Å². The van der Waals surface area contributed by atoms with Gasteiger partial charge >= 0.3 is 0 Å². The van der Waals surface area contributed by atoms with Gasteiger partial charge in [0.05, 0.1) is 0 Å². The van der Waals surface area contributed by atoms with Gasteiger partial charge in [0.1, 0.15) is 5.78 Å². The van der Waals surface area contributed by atoms with Crippen LogP contribution in [0.3, 0.4) is 0 Å². The van der Waals surface area contributed by atoms with Crippen molar-refractivity contribution in [2.24, 2.45) is 23.5 Å². The van der Waals surface area contributed by atoms with Gasteiger partial charge in [0.15, 0.2) is 0 Å². The Morgan fingerprint density at radius 1 is 1.16 bits per heavy atom. The van der Waals surface area contributed by atoms with E-state index in [-0.39, 0.29) is 5.92 Å². The summed E-state index contributed by atoms with van der Waals surface area (Å²) in [5.74, 6) is 2.10. The van der Waals surface area contributed by atoms with Gasteiger partial charge in [0.25, 0.3) is 0 Å². The normalized spacial score (nSPS) is 27.2. The number of ketones is 1. The zero-order valence-corrected chi connectivity index (χ0v) is 12.1. The quantitative estimate of drug-likeness (QED) is 0.901. The minimum Gasteiger partial charge on any atom is -0.326 e. The molecule has 2 rings (SSSR count). The maximum atomic E-state index is 12.4. The van der Waals surface area contributed by atoms with Crippen molar-refractivity contribution in [3.05, 3.63) is 35.4 Å². The summed E-state index contributed by atoms with van der Waals surface area (Å²) in [6.45, 7) is 5.09.